The predicted molar refractivity (Wildman–Crippen MR) is 86.8 cm³/mol. The fourth-order valence-electron chi connectivity index (χ4n) is 1.80. The molecular formula is C15H23BrN2O3. The Morgan fingerprint density at radius 2 is 2.05 bits per heavy atom. The number of benzene rings is 1. The molecule has 0 bridgehead atoms. The summed E-state index contributed by atoms with van der Waals surface area (Å²) < 4.78 is 11.0. The van der Waals surface area contributed by atoms with Crippen molar-refractivity contribution in [2.24, 2.45) is 0 Å². The van der Waals surface area contributed by atoms with Crippen LogP contribution in [0.15, 0.2) is 22.7 Å². The molecule has 0 spiro atoms. The number of carbonyl (C=O) groups is 1. The topological polar surface area (TPSA) is 59.6 Å². The molecule has 1 rings (SSSR count). The summed E-state index contributed by atoms with van der Waals surface area (Å²) in [5.41, 5.74) is 1.11. The van der Waals surface area contributed by atoms with Gasteiger partial charge in [0.2, 0.25) is 5.91 Å². The molecule has 1 aromatic rings. The van der Waals surface area contributed by atoms with Crippen molar-refractivity contribution in [1.29, 1.82) is 0 Å². The van der Waals surface area contributed by atoms with E-state index in [1.807, 2.05) is 18.2 Å². The van der Waals surface area contributed by atoms with Gasteiger partial charge in [-0.1, -0.05) is 6.07 Å². The standard InChI is InChI=1S/C15H23BrN2O3/c1-20-10-9-17-7-8-18-15(19)6-4-12-3-5-14(21-2)13(16)11-12/h3,5,11,17H,4,6-10H2,1-2H3,(H,18,19). The summed E-state index contributed by atoms with van der Waals surface area (Å²) >= 11 is 3.44. The van der Waals surface area contributed by atoms with E-state index < -0.39 is 0 Å². The van der Waals surface area contributed by atoms with Gasteiger partial charge in [-0.3, -0.25) is 4.79 Å². The Bertz CT molecular complexity index is 441. The monoisotopic (exact) mass is 358 g/mol. The van der Waals surface area contributed by atoms with Crippen LogP contribution in [0, 0.1) is 0 Å². The molecule has 5 nitrogen and oxygen atoms in total. The van der Waals surface area contributed by atoms with E-state index in [0.29, 0.717) is 26.0 Å². The Labute approximate surface area is 134 Å². The first-order valence-corrected chi connectivity index (χ1v) is 7.75. The number of aryl methyl sites for hydroxylation is 1. The van der Waals surface area contributed by atoms with Gasteiger partial charge in [0, 0.05) is 33.2 Å². The summed E-state index contributed by atoms with van der Waals surface area (Å²) in [6, 6.07) is 5.86. The van der Waals surface area contributed by atoms with Gasteiger partial charge >= 0.3 is 0 Å². The fraction of sp³-hybridized carbons (Fsp3) is 0.533. The molecule has 0 heterocycles. The molecule has 0 aliphatic carbocycles. The van der Waals surface area contributed by atoms with Crippen LogP contribution in [-0.2, 0) is 16.0 Å². The number of rotatable bonds is 10. The average molecular weight is 359 g/mol. The Balaban J connectivity index is 2.19. The smallest absolute Gasteiger partial charge is 0.220 e. The van der Waals surface area contributed by atoms with E-state index >= 15 is 0 Å². The van der Waals surface area contributed by atoms with Crippen molar-refractivity contribution in [3.63, 3.8) is 0 Å². The highest BCUT2D eigenvalue weighted by Gasteiger charge is 2.04. The lowest BCUT2D eigenvalue weighted by molar-refractivity contribution is -0.121. The van der Waals surface area contributed by atoms with Gasteiger partial charge < -0.3 is 20.1 Å². The van der Waals surface area contributed by atoms with Crippen LogP contribution in [0.5, 0.6) is 5.75 Å². The van der Waals surface area contributed by atoms with Crippen molar-refractivity contribution in [2.75, 3.05) is 40.5 Å². The van der Waals surface area contributed by atoms with E-state index in [9.17, 15) is 4.79 Å². The van der Waals surface area contributed by atoms with Crippen molar-refractivity contribution in [3.05, 3.63) is 28.2 Å². The molecule has 0 saturated heterocycles. The summed E-state index contributed by atoms with van der Waals surface area (Å²) in [4.78, 5) is 11.7. The zero-order chi connectivity index (χ0) is 15.5. The Morgan fingerprint density at radius 1 is 1.24 bits per heavy atom. The van der Waals surface area contributed by atoms with Crippen LogP contribution >= 0.6 is 15.9 Å². The highest BCUT2D eigenvalue weighted by molar-refractivity contribution is 9.10. The maximum absolute atomic E-state index is 11.7. The minimum Gasteiger partial charge on any atom is -0.496 e. The first kappa shape index (κ1) is 17.9. The van der Waals surface area contributed by atoms with Crippen LogP contribution < -0.4 is 15.4 Å². The van der Waals surface area contributed by atoms with E-state index in [0.717, 1.165) is 28.9 Å². The number of methoxy groups -OCH3 is 2. The minimum absolute atomic E-state index is 0.0653. The summed E-state index contributed by atoms with van der Waals surface area (Å²) in [5, 5.41) is 6.06. The van der Waals surface area contributed by atoms with Crippen LogP contribution in [0.2, 0.25) is 0 Å². The second kappa shape index (κ2) is 10.6. The van der Waals surface area contributed by atoms with Gasteiger partial charge in [0.05, 0.1) is 18.2 Å². The fourth-order valence-corrected chi connectivity index (χ4v) is 2.39. The van der Waals surface area contributed by atoms with E-state index in [-0.39, 0.29) is 5.91 Å². The van der Waals surface area contributed by atoms with Crippen LogP contribution in [0.4, 0.5) is 0 Å². The summed E-state index contributed by atoms with van der Waals surface area (Å²) in [5.74, 6) is 0.862. The molecule has 0 aliphatic rings. The molecule has 0 fully saturated rings. The Hall–Kier alpha value is -1.11. The molecule has 0 aromatic heterocycles. The zero-order valence-electron chi connectivity index (χ0n) is 12.6. The van der Waals surface area contributed by atoms with Crippen LogP contribution in [0.25, 0.3) is 0 Å². The maximum Gasteiger partial charge on any atom is 0.220 e. The number of ether oxygens (including phenoxy) is 2. The molecule has 6 heteroatoms. The van der Waals surface area contributed by atoms with Crippen molar-refractivity contribution < 1.29 is 14.3 Å². The van der Waals surface area contributed by atoms with Crippen molar-refractivity contribution >= 4 is 21.8 Å². The molecule has 1 amide bonds. The van der Waals surface area contributed by atoms with Gasteiger partial charge in [0.15, 0.2) is 0 Å². The Kier molecular flexibility index (Phi) is 9.05. The molecule has 0 radical (unpaired) electrons. The van der Waals surface area contributed by atoms with E-state index in [2.05, 4.69) is 26.6 Å². The quantitative estimate of drug-likeness (QED) is 0.625. The maximum atomic E-state index is 11.7. The number of halogens is 1. The molecule has 0 atom stereocenters. The number of hydrogen-bond donors (Lipinski definition) is 2. The van der Waals surface area contributed by atoms with Crippen LogP contribution in [0.1, 0.15) is 12.0 Å². The number of hydrogen-bond acceptors (Lipinski definition) is 4. The van der Waals surface area contributed by atoms with Crippen molar-refractivity contribution in [2.45, 2.75) is 12.8 Å². The van der Waals surface area contributed by atoms with Gasteiger partial charge in [-0.25, -0.2) is 0 Å². The highest BCUT2D eigenvalue weighted by Crippen LogP contribution is 2.25. The molecule has 1 aromatic carbocycles. The third-order valence-corrected chi connectivity index (χ3v) is 3.58. The summed E-state index contributed by atoms with van der Waals surface area (Å²) in [6.07, 6.45) is 1.20. The lowest BCUT2D eigenvalue weighted by Crippen LogP contribution is -2.33. The molecule has 0 saturated carbocycles. The third-order valence-electron chi connectivity index (χ3n) is 2.96. The second-order valence-corrected chi connectivity index (χ2v) is 5.42. The molecule has 0 unspecified atom stereocenters. The summed E-state index contributed by atoms with van der Waals surface area (Å²) in [7, 11) is 3.30. The molecular weight excluding hydrogens is 336 g/mol. The van der Waals surface area contributed by atoms with Gasteiger partial charge in [-0.2, -0.15) is 0 Å². The zero-order valence-corrected chi connectivity index (χ0v) is 14.2. The van der Waals surface area contributed by atoms with Gasteiger partial charge in [-0.05, 0) is 40.0 Å². The largest absolute Gasteiger partial charge is 0.496 e. The first-order valence-electron chi connectivity index (χ1n) is 6.96. The lowest BCUT2D eigenvalue weighted by Gasteiger charge is -2.08. The SMILES string of the molecule is COCCNCCNC(=O)CCc1ccc(OC)c(Br)c1. The number of carbonyl (C=O) groups excluding carboxylic acids is 1. The number of amides is 1. The highest BCUT2D eigenvalue weighted by atomic mass is 79.9. The molecule has 21 heavy (non-hydrogen) atoms. The lowest BCUT2D eigenvalue weighted by atomic mass is 10.1. The number of nitrogens with one attached hydrogen (secondary N) is 2. The summed E-state index contributed by atoms with van der Waals surface area (Å²) in [6.45, 7) is 2.87. The molecule has 0 aliphatic heterocycles. The minimum atomic E-state index is 0.0653. The van der Waals surface area contributed by atoms with E-state index in [1.165, 1.54) is 0 Å². The first-order chi connectivity index (χ1) is 10.2. The van der Waals surface area contributed by atoms with Crippen molar-refractivity contribution in [1.82, 2.24) is 10.6 Å². The molecule has 2 N–H and O–H groups in total. The molecule has 118 valence electrons. The second-order valence-electron chi connectivity index (χ2n) is 4.56. The van der Waals surface area contributed by atoms with Gasteiger partial charge in [0.25, 0.3) is 0 Å². The third kappa shape index (κ3) is 7.45. The average Bonchev–Trinajstić information content (AvgIpc) is 2.49. The normalized spacial score (nSPS) is 10.4. The van der Waals surface area contributed by atoms with Gasteiger partial charge in [-0.15, -0.1) is 0 Å². The van der Waals surface area contributed by atoms with Crippen LogP contribution in [-0.4, -0.2) is 46.4 Å². The Morgan fingerprint density at radius 3 is 2.71 bits per heavy atom. The van der Waals surface area contributed by atoms with Gasteiger partial charge in [0.1, 0.15) is 5.75 Å². The van der Waals surface area contributed by atoms with Crippen molar-refractivity contribution in [3.8, 4) is 5.75 Å². The van der Waals surface area contributed by atoms with E-state index in [4.69, 9.17) is 9.47 Å². The predicted octanol–water partition coefficient (Wildman–Crippen LogP) is 1.74. The van der Waals surface area contributed by atoms with E-state index in [1.54, 1.807) is 14.2 Å². The van der Waals surface area contributed by atoms with Crippen LogP contribution in [0.3, 0.4) is 0 Å².